The van der Waals surface area contributed by atoms with Crippen LogP contribution in [-0.4, -0.2) is 119 Å². The number of para-hydroxylation sites is 3. The molecule has 97 heavy (non-hydrogen) atoms. The van der Waals surface area contributed by atoms with E-state index in [1.54, 1.807) is 79.9 Å². The number of rotatable bonds is 7. The van der Waals surface area contributed by atoms with Crippen molar-refractivity contribution in [1.29, 1.82) is 5.26 Å². The first kappa shape index (κ1) is 63.7. The third-order valence-corrected chi connectivity index (χ3v) is 19.9. The second-order valence-corrected chi connectivity index (χ2v) is 26.1. The van der Waals surface area contributed by atoms with Crippen LogP contribution in [0.2, 0.25) is 0 Å². The summed E-state index contributed by atoms with van der Waals surface area (Å²) in [6.07, 6.45) is 9.53. The lowest BCUT2D eigenvalue weighted by Gasteiger charge is -2.45. The predicted molar refractivity (Wildman–Crippen MR) is 359 cm³/mol. The Morgan fingerprint density at radius 2 is 1.25 bits per heavy atom. The molecule has 21 heteroatoms. The molecule has 16 rings (SSSR count). The van der Waals surface area contributed by atoms with Gasteiger partial charge < -0.3 is 48.1 Å². The SMILES string of the molecule is CCOc1cccc(C(=O)N2CCC3(CC2)Oc2ccccc2-n2c(C#N)ccc23)c1F.COc1cccc2c1c(C(=O)N1CCC3(CC1)Oc1ccccc1-c1c3cnn1C)cn2C.Cn1cc2c(n1)-c1cc(F)ccc1OC21CCN(C(=O)c2ccc(C(C)(C)O)cc2)CC1. The highest BCUT2D eigenvalue weighted by atomic mass is 19.1. The van der Waals surface area contributed by atoms with Crippen LogP contribution in [0.5, 0.6) is 28.7 Å². The first-order valence-electron chi connectivity index (χ1n) is 32.8. The van der Waals surface area contributed by atoms with Crippen LogP contribution in [0.25, 0.3) is 39.1 Å². The predicted octanol–water partition coefficient (Wildman–Crippen LogP) is 12.5. The maximum atomic E-state index is 14.8. The van der Waals surface area contributed by atoms with E-state index in [-0.39, 0.29) is 34.9 Å². The number of methoxy groups -OCH3 is 1. The van der Waals surface area contributed by atoms with E-state index in [0.29, 0.717) is 118 Å². The summed E-state index contributed by atoms with van der Waals surface area (Å²) in [6, 6.07) is 43.9. The number of aryl methyl sites for hydroxylation is 3. The lowest BCUT2D eigenvalue weighted by molar-refractivity contribution is -0.00956. The van der Waals surface area contributed by atoms with Crippen molar-refractivity contribution in [1.82, 2.24) is 43.4 Å². The Morgan fingerprint density at radius 1 is 0.649 bits per heavy atom. The maximum Gasteiger partial charge on any atom is 0.256 e. The van der Waals surface area contributed by atoms with Crippen LogP contribution in [0, 0.1) is 23.0 Å². The molecule has 10 heterocycles. The Kier molecular flexibility index (Phi) is 16.3. The molecule has 3 saturated heterocycles. The molecule has 3 fully saturated rings. The van der Waals surface area contributed by atoms with Crippen LogP contribution >= 0.6 is 0 Å². The lowest BCUT2D eigenvalue weighted by atomic mass is 9.81. The number of halogens is 2. The number of carbonyl (C=O) groups excluding carboxylic acids is 3. The molecule has 3 amide bonds. The number of benzene rings is 6. The topological polar surface area (TPSA) is 197 Å². The molecule has 0 aliphatic carbocycles. The number of likely N-dealkylation sites (tertiary alicyclic amines) is 3. The summed E-state index contributed by atoms with van der Waals surface area (Å²) in [5, 5.41) is 29.7. The van der Waals surface area contributed by atoms with Crippen LogP contribution in [0.1, 0.15) is 118 Å². The minimum absolute atomic E-state index is 0.0111. The van der Waals surface area contributed by atoms with Gasteiger partial charge in [-0.15, -0.1) is 0 Å². The van der Waals surface area contributed by atoms with Crippen molar-refractivity contribution in [3.63, 3.8) is 0 Å². The molecule has 496 valence electrons. The molecule has 19 nitrogen and oxygen atoms in total. The van der Waals surface area contributed by atoms with Gasteiger partial charge in [-0.2, -0.15) is 15.5 Å². The van der Waals surface area contributed by atoms with Crippen molar-refractivity contribution in [3.8, 4) is 63.0 Å². The quantitative estimate of drug-likeness (QED) is 0.159. The van der Waals surface area contributed by atoms with Gasteiger partial charge in [0, 0.05) is 139 Å². The first-order valence-corrected chi connectivity index (χ1v) is 32.8. The molecule has 0 saturated carbocycles. The smallest absolute Gasteiger partial charge is 0.256 e. The molecule has 0 atom stereocenters. The van der Waals surface area contributed by atoms with E-state index in [1.165, 1.54) is 24.3 Å². The van der Waals surface area contributed by atoms with Gasteiger partial charge in [0.15, 0.2) is 17.2 Å². The van der Waals surface area contributed by atoms with Gasteiger partial charge in [-0.3, -0.25) is 28.3 Å². The Hall–Kier alpha value is -10.7. The van der Waals surface area contributed by atoms with Crippen LogP contribution < -0.4 is 23.7 Å². The van der Waals surface area contributed by atoms with Gasteiger partial charge in [-0.1, -0.05) is 48.5 Å². The number of amides is 3. The second-order valence-electron chi connectivity index (χ2n) is 26.1. The lowest BCUT2D eigenvalue weighted by Crippen LogP contribution is -2.50. The van der Waals surface area contributed by atoms with E-state index >= 15 is 0 Å². The zero-order valence-electron chi connectivity index (χ0n) is 55.1. The van der Waals surface area contributed by atoms with E-state index in [4.69, 9.17) is 23.7 Å². The number of carbonyl (C=O) groups is 3. The number of fused-ring (bicyclic) bond motifs is 13. The van der Waals surface area contributed by atoms with E-state index in [9.17, 15) is 33.5 Å². The highest BCUT2D eigenvalue weighted by molar-refractivity contribution is 6.09. The molecule has 0 radical (unpaired) electrons. The summed E-state index contributed by atoms with van der Waals surface area (Å²) < 4.78 is 66.7. The summed E-state index contributed by atoms with van der Waals surface area (Å²) >= 11 is 0. The second kappa shape index (κ2) is 24.8. The molecule has 10 aromatic rings. The number of hydrogen-bond acceptors (Lipinski definition) is 12. The number of nitriles is 1. The molecule has 3 spiro atoms. The minimum atomic E-state index is -0.946. The van der Waals surface area contributed by atoms with Gasteiger partial charge in [0.1, 0.15) is 57.5 Å². The normalized spacial score (nSPS) is 16.4. The first-order chi connectivity index (χ1) is 46.8. The largest absolute Gasteiger partial charge is 0.496 e. The van der Waals surface area contributed by atoms with Crippen molar-refractivity contribution in [2.75, 3.05) is 53.0 Å². The van der Waals surface area contributed by atoms with Crippen molar-refractivity contribution in [3.05, 3.63) is 215 Å². The third-order valence-electron chi connectivity index (χ3n) is 19.9. The van der Waals surface area contributed by atoms with Crippen LogP contribution in [0.4, 0.5) is 8.78 Å². The highest BCUT2D eigenvalue weighted by Gasteiger charge is 2.49. The van der Waals surface area contributed by atoms with Gasteiger partial charge in [0.25, 0.3) is 17.7 Å². The van der Waals surface area contributed by atoms with Gasteiger partial charge in [0.2, 0.25) is 0 Å². The van der Waals surface area contributed by atoms with Gasteiger partial charge in [0.05, 0.1) is 64.6 Å². The number of piperidine rings is 3. The third kappa shape index (κ3) is 11.2. The van der Waals surface area contributed by atoms with Crippen LogP contribution in [0.15, 0.2) is 158 Å². The zero-order chi connectivity index (χ0) is 67.7. The number of ether oxygens (including phenoxy) is 5. The molecule has 6 aliphatic heterocycles. The van der Waals surface area contributed by atoms with Crippen molar-refractivity contribution < 1.29 is 52.0 Å². The van der Waals surface area contributed by atoms with Crippen molar-refractivity contribution >= 4 is 28.6 Å². The zero-order valence-corrected chi connectivity index (χ0v) is 55.1. The Balaban J connectivity index is 0.000000125. The molecule has 0 unspecified atom stereocenters. The fraction of sp³-hybridized carbons (Fsp3) is 0.316. The number of nitrogens with zero attached hydrogens (tertiary/aromatic N) is 10. The van der Waals surface area contributed by atoms with Gasteiger partial charge in [-0.05, 0) is 117 Å². The molecular formula is C76H74F2N10O9. The standard InChI is InChI=1S/C26H26N4O3.C25H26FN3O3.C25H22FN3O3/c1-28-16-18(23-20(28)8-6-10-22(23)32-3)25(31)30-13-11-26(12-14-30)19-15-27-29(2)24(19)17-7-4-5-9-21(17)33-26;1-24(2,31)17-6-4-16(5-7-17)23(30)29-12-10-25(11-13-29)20-15-28(3)27-22(20)19-14-18(26)8-9-21(19)32-25;1-2-31-21-9-5-6-18(23(21)26)24(30)28-14-12-25(13-15-28)22-11-10-17(16-27)29(22)19-7-3-4-8-20(19)32-25/h4-10,15-16H,11-14H2,1-3H3;4-9,14-15,31H,10-13H2,1-3H3;3-11H,2,12-15H2,1H3. The monoisotopic (exact) mass is 1310 g/mol. The fourth-order valence-corrected chi connectivity index (χ4v) is 14.8. The van der Waals surface area contributed by atoms with E-state index in [1.807, 2.05) is 130 Å². The summed E-state index contributed by atoms with van der Waals surface area (Å²) in [5.74, 6) is 1.70. The number of aliphatic hydroxyl groups is 1. The van der Waals surface area contributed by atoms with Gasteiger partial charge >= 0.3 is 0 Å². The molecule has 1 N–H and O–H groups in total. The summed E-state index contributed by atoms with van der Waals surface area (Å²) in [5.41, 5.74) is 8.32. The van der Waals surface area contributed by atoms with E-state index in [0.717, 1.165) is 67.4 Å². The molecule has 6 aliphatic rings. The average Bonchev–Trinajstić information content (AvgIpc) is 1.71. The van der Waals surface area contributed by atoms with Gasteiger partial charge in [-0.25, -0.2) is 8.78 Å². The highest BCUT2D eigenvalue weighted by Crippen LogP contribution is 2.52. The summed E-state index contributed by atoms with van der Waals surface area (Å²) in [6.45, 7) is 8.65. The van der Waals surface area contributed by atoms with Crippen LogP contribution in [-0.2, 0) is 43.5 Å². The summed E-state index contributed by atoms with van der Waals surface area (Å²) in [4.78, 5) is 45.2. The molecule has 4 aromatic heterocycles. The maximum absolute atomic E-state index is 14.8. The Labute approximate surface area is 560 Å². The van der Waals surface area contributed by atoms with E-state index in [2.05, 4.69) is 22.3 Å². The minimum Gasteiger partial charge on any atom is -0.496 e. The van der Waals surface area contributed by atoms with E-state index < -0.39 is 28.2 Å². The number of aromatic nitrogens is 6. The summed E-state index contributed by atoms with van der Waals surface area (Å²) in [7, 11) is 7.42. The molecule has 6 aromatic carbocycles. The average molecular weight is 1310 g/mol. The van der Waals surface area contributed by atoms with Crippen LogP contribution in [0.3, 0.4) is 0 Å². The Morgan fingerprint density at radius 3 is 1.92 bits per heavy atom. The van der Waals surface area contributed by atoms with Crippen molar-refractivity contribution in [2.45, 2.75) is 81.7 Å². The van der Waals surface area contributed by atoms with Crippen molar-refractivity contribution in [2.24, 2.45) is 21.1 Å². The molecular weight excluding hydrogens is 1230 g/mol. The fourth-order valence-electron chi connectivity index (χ4n) is 14.8. The Bertz CT molecular complexity index is 4760. The molecule has 0 bridgehead atoms. The number of hydrogen-bond donors (Lipinski definition) is 1.